The van der Waals surface area contributed by atoms with E-state index in [1.807, 2.05) is 0 Å². The SMILES string of the molecule is CNc1ccc([N+](=O)[O-])cc1C(=O)Nc1cccnn1. The molecular formula is C12H11N5O3. The lowest BCUT2D eigenvalue weighted by molar-refractivity contribution is -0.384. The van der Waals surface area contributed by atoms with E-state index in [0.29, 0.717) is 5.69 Å². The van der Waals surface area contributed by atoms with Crippen LogP contribution < -0.4 is 10.6 Å². The van der Waals surface area contributed by atoms with Gasteiger partial charge in [0.2, 0.25) is 0 Å². The summed E-state index contributed by atoms with van der Waals surface area (Å²) in [5.74, 6) is -0.232. The number of nitrogens with zero attached hydrogens (tertiary/aromatic N) is 3. The molecule has 1 aromatic heterocycles. The average molecular weight is 273 g/mol. The van der Waals surface area contributed by atoms with Gasteiger partial charge in [-0.3, -0.25) is 14.9 Å². The third-order valence-electron chi connectivity index (χ3n) is 2.54. The highest BCUT2D eigenvalue weighted by Gasteiger charge is 2.16. The van der Waals surface area contributed by atoms with Gasteiger partial charge < -0.3 is 10.6 Å². The number of anilines is 2. The molecule has 0 fully saturated rings. The first-order chi connectivity index (χ1) is 9.61. The molecule has 2 rings (SSSR count). The van der Waals surface area contributed by atoms with Crippen LogP contribution in [0.3, 0.4) is 0 Å². The van der Waals surface area contributed by atoms with E-state index in [1.165, 1.54) is 24.4 Å². The number of benzene rings is 1. The van der Waals surface area contributed by atoms with Crippen LogP contribution in [0.1, 0.15) is 10.4 Å². The Morgan fingerprint density at radius 1 is 1.35 bits per heavy atom. The van der Waals surface area contributed by atoms with E-state index in [2.05, 4.69) is 20.8 Å². The largest absolute Gasteiger partial charge is 0.387 e. The number of nitrogens with one attached hydrogen (secondary N) is 2. The maximum absolute atomic E-state index is 12.1. The summed E-state index contributed by atoms with van der Waals surface area (Å²) >= 11 is 0. The molecule has 1 aromatic carbocycles. The third kappa shape index (κ3) is 2.86. The Labute approximate surface area is 114 Å². The number of aromatic nitrogens is 2. The number of non-ortho nitro benzene ring substituents is 1. The zero-order valence-corrected chi connectivity index (χ0v) is 10.5. The van der Waals surface area contributed by atoms with Crippen molar-refractivity contribution in [1.82, 2.24) is 10.2 Å². The zero-order chi connectivity index (χ0) is 14.5. The van der Waals surface area contributed by atoms with Gasteiger partial charge in [0.05, 0.1) is 10.5 Å². The maximum atomic E-state index is 12.1. The Bertz CT molecular complexity index is 645. The second-order valence-electron chi connectivity index (χ2n) is 3.80. The van der Waals surface area contributed by atoms with Crippen LogP contribution in [0.4, 0.5) is 17.2 Å². The Morgan fingerprint density at radius 2 is 2.15 bits per heavy atom. The number of carbonyl (C=O) groups is 1. The summed E-state index contributed by atoms with van der Waals surface area (Å²) in [5, 5.41) is 23.4. The van der Waals surface area contributed by atoms with Gasteiger partial charge in [0.1, 0.15) is 0 Å². The van der Waals surface area contributed by atoms with E-state index in [1.54, 1.807) is 19.2 Å². The molecular weight excluding hydrogens is 262 g/mol. The lowest BCUT2D eigenvalue weighted by Gasteiger charge is -2.08. The Hall–Kier alpha value is -3.03. The normalized spacial score (nSPS) is 9.85. The van der Waals surface area contributed by atoms with Crippen molar-refractivity contribution in [2.75, 3.05) is 17.7 Å². The third-order valence-corrected chi connectivity index (χ3v) is 2.54. The maximum Gasteiger partial charge on any atom is 0.270 e. The molecule has 0 unspecified atom stereocenters. The summed E-state index contributed by atoms with van der Waals surface area (Å²) in [4.78, 5) is 22.3. The fourth-order valence-corrected chi connectivity index (χ4v) is 1.60. The molecule has 1 amide bonds. The molecule has 8 nitrogen and oxygen atoms in total. The summed E-state index contributed by atoms with van der Waals surface area (Å²) in [6.07, 6.45) is 1.47. The van der Waals surface area contributed by atoms with Gasteiger partial charge in [-0.15, -0.1) is 5.10 Å². The van der Waals surface area contributed by atoms with Crippen molar-refractivity contribution in [1.29, 1.82) is 0 Å². The molecule has 20 heavy (non-hydrogen) atoms. The predicted octanol–water partition coefficient (Wildman–Crippen LogP) is 1.68. The molecule has 8 heteroatoms. The van der Waals surface area contributed by atoms with Crippen molar-refractivity contribution in [2.45, 2.75) is 0 Å². The van der Waals surface area contributed by atoms with Crippen molar-refractivity contribution < 1.29 is 9.72 Å². The van der Waals surface area contributed by atoms with Gasteiger partial charge in [-0.25, -0.2) is 0 Å². The Kier molecular flexibility index (Phi) is 3.85. The van der Waals surface area contributed by atoms with Gasteiger partial charge >= 0.3 is 0 Å². The minimum Gasteiger partial charge on any atom is -0.387 e. The molecule has 1 heterocycles. The monoisotopic (exact) mass is 273 g/mol. The van der Waals surface area contributed by atoms with Crippen molar-refractivity contribution in [3.8, 4) is 0 Å². The highest BCUT2D eigenvalue weighted by Crippen LogP contribution is 2.22. The highest BCUT2D eigenvalue weighted by molar-refractivity contribution is 6.08. The van der Waals surface area contributed by atoms with E-state index in [9.17, 15) is 14.9 Å². The fraction of sp³-hybridized carbons (Fsp3) is 0.0833. The number of hydrogen-bond acceptors (Lipinski definition) is 6. The van der Waals surface area contributed by atoms with Crippen molar-refractivity contribution in [3.05, 3.63) is 52.2 Å². The Balaban J connectivity index is 2.32. The van der Waals surface area contributed by atoms with Crippen LogP contribution in [0, 0.1) is 10.1 Å². The molecule has 0 saturated heterocycles. The van der Waals surface area contributed by atoms with Crippen LogP contribution in [0.15, 0.2) is 36.5 Å². The fourth-order valence-electron chi connectivity index (χ4n) is 1.60. The van der Waals surface area contributed by atoms with Crippen LogP contribution in [0.5, 0.6) is 0 Å². The molecule has 0 saturated carbocycles. The Morgan fingerprint density at radius 3 is 2.75 bits per heavy atom. The summed E-state index contributed by atoms with van der Waals surface area (Å²) in [5.41, 5.74) is 0.484. The van der Waals surface area contributed by atoms with Crippen LogP contribution in [0.2, 0.25) is 0 Å². The lowest BCUT2D eigenvalue weighted by Crippen LogP contribution is -2.15. The first kappa shape index (κ1) is 13.4. The molecule has 0 radical (unpaired) electrons. The number of nitro benzene ring substituents is 1. The molecule has 0 bridgehead atoms. The number of hydrogen-bond donors (Lipinski definition) is 2. The zero-order valence-electron chi connectivity index (χ0n) is 10.5. The standard InChI is InChI=1S/C12H11N5O3/c1-13-10-5-4-8(17(19)20)7-9(10)12(18)15-11-3-2-6-14-16-11/h2-7,13H,1H3,(H,15,16,18). The topological polar surface area (TPSA) is 110 Å². The van der Waals surface area contributed by atoms with Crippen LogP contribution in [0.25, 0.3) is 0 Å². The van der Waals surface area contributed by atoms with Crippen LogP contribution >= 0.6 is 0 Å². The average Bonchev–Trinajstić information content (AvgIpc) is 2.47. The van der Waals surface area contributed by atoms with E-state index in [-0.39, 0.29) is 17.1 Å². The number of nitro groups is 1. The number of amides is 1. The van der Waals surface area contributed by atoms with Gasteiger partial charge in [-0.1, -0.05) is 0 Å². The smallest absolute Gasteiger partial charge is 0.270 e. The van der Waals surface area contributed by atoms with E-state index in [0.717, 1.165) is 0 Å². The molecule has 102 valence electrons. The first-order valence-electron chi connectivity index (χ1n) is 5.67. The van der Waals surface area contributed by atoms with E-state index < -0.39 is 10.8 Å². The van der Waals surface area contributed by atoms with Gasteiger partial charge in [0.25, 0.3) is 11.6 Å². The second-order valence-corrected chi connectivity index (χ2v) is 3.80. The molecule has 2 N–H and O–H groups in total. The lowest BCUT2D eigenvalue weighted by atomic mass is 10.1. The molecule has 0 atom stereocenters. The van der Waals surface area contributed by atoms with Crippen LogP contribution in [-0.2, 0) is 0 Å². The first-order valence-corrected chi connectivity index (χ1v) is 5.67. The van der Waals surface area contributed by atoms with Gasteiger partial charge in [0, 0.05) is 31.1 Å². The van der Waals surface area contributed by atoms with Crippen LogP contribution in [-0.4, -0.2) is 28.1 Å². The summed E-state index contributed by atoms with van der Waals surface area (Å²) < 4.78 is 0. The quantitative estimate of drug-likeness (QED) is 0.647. The van der Waals surface area contributed by atoms with Gasteiger partial charge in [-0.05, 0) is 18.2 Å². The van der Waals surface area contributed by atoms with E-state index in [4.69, 9.17) is 0 Å². The van der Waals surface area contributed by atoms with Gasteiger partial charge in [0.15, 0.2) is 5.82 Å². The molecule has 0 aliphatic heterocycles. The highest BCUT2D eigenvalue weighted by atomic mass is 16.6. The van der Waals surface area contributed by atoms with Gasteiger partial charge in [-0.2, -0.15) is 5.10 Å². The molecule has 0 aliphatic carbocycles. The predicted molar refractivity (Wildman–Crippen MR) is 72.6 cm³/mol. The summed E-state index contributed by atoms with van der Waals surface area (Å²) in [6, 6.07) is 7.20. The molecule has 0 spiro atoms. The minimum atomic E-state index is -0.557. The van der Waals surface area contributed by atoms with Crippen molar-refractivity contribution in [3.63, 3.8) is 0 Å². The van der Waals surface area contributed by atoms with Crippen molar-refractivity contribution >= 4 is 23.1 Å². The molecule has 0 aliphatic rings. The number of carbonyl (C=O) groups excluding carboxylic acids is 1. The number of rotatable bonds is 4. The van der Waals surface area contributed by atoms with E-state index >= 15 is 0 Å². The van der Waals surface area contributed by atoms with Crippen molar-refractivity contribution in [2.24, 2.45) is 0 Å². The summed E-state index contributed by atoms with van der Waals surface area (Å²) in [6.45, 7) is 0. The summed E-state index contributed by atoms with van der Waals surface area (Å²) in [7, 11) is 1.63. The second kappa shape index (κ2) is 5.74. The molecule has 2 aromatic rings. The minimum absolute atomic E-state index is 0.159.